The van der Waals surface area contributed by atoms with Crippen LogP contribution in [0.4, 0.5) is 17.1 Å². The molecule has 16 heavy (non-hydrogen) atoms. The Morgan fingerprint density at radius 1 is 1.25 bits per heavy atom. The van der Waals surface area contributed by atoms with E-state index in [1.54, 1.807) is 23.6 Å². The molecule has 0 amide bonds. The summed E-state index contributed by atoms with van der Waals surface area (Å²) in [6, 6.07) is 6.44. The van der Waals surface area contributed by atoms with E-state index < -0.39 is 4.92 Å². The Kier molecular flexibility index (Phi) is 2.49. The molecule has 2 aromatic rings. The predicted octanol–water partition coefficient (Wildman–Crippen LogP) is 2.49. The Balaban J connectivity index is 2.59. The van der Waals surface area contributed by atoms with Gasteiger partial charge >= 0.3 is 0 Å². The number of nitrogens with zero attached hydrogens (tertiary/aromatic N) is 1. The SMILES string of the molecule is Nc1ccc(-c2sccc2[N+](=O)[O-])c(N)c1. The van der Waals surface area contributed by atoms with Gasteiger partial charge in [-0.1, -0.05) is 0 Å². The molecule has 0 aliphatic carbocycles. The van der Waals surface area contributed by atoms with Gasteiger partial charge in [-0.15, -0.1) is 11.3 Å². The second-order valence-electron chi connectivity index (χ2n) is 3.24. The van der Waals surface area contributed by atoms with Crippen molar-refractivity contribution in [2.24, 2.45) is 0 Å². The minimum absolute atomic E-state index is 0.0708. The van der Waals surface area contributed by atoms with Gasteiger partial charge in [-0.05, 0) is 23.6 Å². The third-order valence-corrected chi connectivity index (χ3v) is 3.10. The maximum absolute atomic E-state index is 10.8. The van der Waals surface area contributed by atoms with Gasteiger partial charge in [0.2, 0.25) is 0 Å². The molecule has 0 bridgehead atoms. The number of anilines is 2. The van der Waals surface area contributed by atoms with Gasteiger partial charge in [0.1, 0.15) is 4.88 Å². The summed E-state index contributed by atoms with van der Waals surface area (Å²) in [5.41, 5.74) is 13.1. The van der Waals surface area contributed by atoms with Crippen LogP contribution in [0, 0.1) is 10.1 Å². The van der Waals surface area contributed by atoms with Crippen molar-refractivity contribution in [3.05, 3.63) is 39.8 Å². The summed E-state index contributed by atoms with van der Waals surface area (Å²) >= 11 is 1.29. The summed E-state index contributed by atoms with van der Waals surface area (Å²) in [5, 5.41) is 12.5. The van der Waals surface area contributed by atoms with Crippen molar-refractivity contribution in [3.8, 4) is 10.4 Å². The van der Waals surface area contributed by atoms with Crippen LogP contribution < -0.4 is 11.5 Å². The van der Waals surface area contributed by atoms with Gasteiger partial charge in [0.25, 0.3) is 5.69 Å². The number of nitrogen functional groups attached to an aromatic ring is 2. The monoisotopic (exact) mass is 235 g/mol. The average Bonchev–Trinajstić information content (AvgIpc) is 2.66. The highest BCUT2D eigenvalue weighted by molar-refractivity contribution is 7.14. The molecular formula is C10H9N3O2S. The summed E-state index contributed by atoms with van der Waals surface area (Å²) in [4.78, 5) is 10.9. The molecule has 0 fully saturated rings. The summed E-state index contributed by atoms with van der Waals surface area (Å²) in [6.45, 7) is 0. The first-order valence-electron chi connectivity index (χ1n) is 4.47. The Hall–Kier alpha value is -2.08. The molecule has 4 N–H and O–H groups in total. The molecule has 1 aromatic heterocycles. The third-order valence-electron chi connectivity index (χ3n) is 2.16. The maximum Gasteiger partial charge on any atom is 0.287 e. The number of benzene rings is 1. The average molecular weight is 235 g/mol. The molecule has 0 aliphatic heterocycles. The van der Waals surface area contributed by atoms with E-state index in [-0.39, 0.29) is 5.69 Å². The second-order valence-corrected chi connectivity index (χ2v) is 4.15. The smallest absolute Gasteiger partial charge is 0.287 e. The highest BCUT2D eigenvalue weighted by Crippen LogP contribution is 2.38. The van der Waals surface area contributed by atoms with Crippen LogP contribution in [0.5, 0.6) is 0 Å². The van der Waals surface area contributed by atoms with E-state index in [0.29, 0.717) is 21.8 Å². The van der Waals surface area contributed by atoms with Crippen LogP contribution in [0.3, 0.4) is 0 Å². The van der Waals surface area contributed by atoms with Gasteiger partial charge in [0, 0.05) is 23.0 Å². The molecule has 82 valence electrons. The lowest BCUT2D eigenvalue weighted by Gasteiger charge is -2.03. The van der Waals surface area contributed by atoms with Crippen LogP contribution in [0.25, 0.3) is 10.4 Å². The van der Waals surface area contributed by atoms with Crippen molar-refractivity contribution in [2.75, 3.05) is 11.5 Å². The quantitative estimate of drug-likeness (QED) is 0.475. The molecule has 0 saturated heterocycles. The summed E-state index contributed by atoms with van der Waals surface area (Å²) < 4.78 is 0. The third kappa shape index (κ3) is 1.70. The number of thiophene rings is 1. The summed E-state index contributed by atoms with van der Waals surface area (Å²) in [7, 11) is 0. The Morgan fingerprint density at radius 2 is 2.00 bits per heavy atom. The van der Waals surface area contributed by atoms with E-state index in [9.17, 15) is 10.1 Å². The van der Waals surface area contributed by atoms with Crippen molar-refractivity contribution in [2.45, 2.75) is 0 Å². The van der Waals surface area contributed by atoms with Crippen molar-refractivity contribution in [3.63, 3.8) is 0 Å². The van der Waals surface area contributed by atoms with Crippen LogP contribution in [0.2, 0.25) is 0 Å². The Bertz CT molecular complexity index is 551. The number of hydrogen-bond donors (Lipinski definition) is 2. The predicted molar refractivity (Wildman–Crippen MR) is 65.2 cm³/mol. The summed E-state index contributed by atoms with van der Waals surface area (Å²) in [6.07, 6.45) is 0. The van der Waals surface area contributed by atoms with E-state index in [0.717, 1.165) is 0 Å². The minimum Gasteiger partial charge on any atom is -0.399 e. The molecule has 1 heterocycles. The first kappa shape index (κ1) is 10.4. The number of nitrogens with two attached hydrogens (primary N) is 2. The molecule has 5 nitrogen and oxygen atoms in total. The van der Waals surface area contributed by atoms with Crippen LogP contribution >= 0.6 is 11.3 Å². The molecule has 0 radical (unpaired) electrons. The first-order valence-corrected chi connectivity index (χ1v) is 5.35. The topological polar surface area (TPSA) is 95.2 Å². The zero-order valence-corrected chi connectivity index (χ0v) is 9.03. The van der Waals surface area contributed by atoms with Crippen molar-refractivity contribution >= 4 is 28.4 Å². The van der Waals surface area contributed by atoms with Crippen LogP contribution in [-0.2, 0) is 0 Å². The van der Waals surface area contributed by atoms with Crippen molar-refractivity contribution in [1.82, 2.24) is 0 Å². The number of nitro groups is 1. The molecule has 6 heteroatoms. The van der Waals surface area contributed by atoms with Gasteiger partial charge in [-0.3, -0.25) is 10.1 Å². The van der Waals surface area contributed by atoms with E-state index in [1.807, 2.05) is 0 Å². The molecule has 0 saturated carbocycles. The van der Waals surface area contributed by atoms with Gasteiger partial charge in [0.05, 0.1) is 4.92 Å². The zero-order chi connectivity index (χ0) is 11.7. The molecule has 0 unspecified atom stereocenters. The zero-order valence-electron chi connectivity index (χ0n) is 8.21. The lowest BCUT2D eigenvalue weighted by Crippen LogP contribution is -1.94. The normalized spacial score (nSPS) is 10.2. The molecule has 2 rings (SSSR count). The standard InChI is InChI=1S/C10H9N3O2S/c11-6-1-2-7(8(12)5-6)10-9(13(14)15)3-4-16-10/h1-5H,11-12H2. The van der Waals surface area contributed by atoms with Gasteiger partial charge in [-0.25, -0.2) is 0 Å². The first-order chi connectivity index (χ1) is 7.59. The Morgan fingerprint density at radius 3 is 2.62 bits per heavy atom. The summed E-state index contributed by atoms with van der Waals surface area (Å²) in [5.74, 6) is 0. The molecule has 0 aliphatic rings. The second kappa shape index (κ2) is 3.82. The maximum atomic E-state index is 10.8. The van der Waals surface area contributed by atoms with E-state index in [1.165, 1.54) is 17.4 Å². The highest BCUT2D eigenvalue weighted by atomic mass is 32.1. The van der Waals surface area contributed by atoms with Crippen LogP contribution in [-0.4, -0.2) is 4.92 Å². The fourth-order valence-corrected chi connectivity index (χ4v) is 2.34. The van der Waals surface area contributed by atoms with Crippen LogP contribution in [0.15, 0.2) is 29.6 Å². The molecular weight excluding hydrogens is 226 g/mol. The highest BCUT2D eigenvalue weighted by Gasteiger charge is 2.18. The molecule has 0 atom stereocenters. The van der Waals surface area contributed by atoms with Crippen molar-refractivity contribution in [1.29, 1.82) is 0 Å². The lowest BCUT2D eigenvalue weighted by atomic mass is 10.1. The fraction of sp³-hybridized carbons (Fsp3) is 0. The van der Waals surface area contributed by atoms with E-state index in [4.69, 9.17) is 11.5 Å². The van der Waals surface area contributed by atoms with Gasteiger partial charge < -0.3 is 11.5 Å². The molecule has 0 spiro atoms. The number of rotatable bonds is 2. The van der Waals surface area contributed by atoms with Gasteiger partial charge in [0.15, 0.2) is 0 Å². The largest absolute Gasteiger partial charge is 0.399 e. The Labute approximate surface area is 95.5 Å². The lowest BCUT2D eigenvalue weighted by molar-refractivity contribution is -0.383. The van der Waals surface area contributed by atoms with Crippen LogP contribution in [0.1, 0.15) is 0 Å². The van der Waals surface area contributed by atoms with E-state index in [2.05, 4.69) is 0 Å². The van der Waals surface area contributed by atoms with Crippen molar-refractivity contribution < 1.29 is 4.92 Å². The van der Waals surface area contributed by atoms with Gasteiger partial charge in [-0.2, -0.15) is 0 Å². The van der Waals surface area contributed by atoms with E-state index >= 15 is 0 Å². The molecule has 1 aromatic carbocycles. The number of hydrogen-bond acceptors (Lipinski definition) is 5. The fourth-order valence-electron chi connectivity index (χ4n) is 1.44. The minimum atomic E-state index is -0.415.